The van der Waals surface area contributed by atoms with Crippen LogP contribution in [-0.4, -0.2) is 14.5 Å². The standard InChI is InChI=1S/C9H7ClFN3O2S/c1-4(7-12-2-3-17-7)14-8(15)5(11)6(10)13-9(14)16/h2-4H,1H3,(H,13,16). The highest BCUT2D eigenvalue weighted by Gasteiger charge is 2.19. The van der Waals surface area contributed by atoms with Gasteiger partial charge in [-0.1, -0.05) is 11.6 Å². The van der Waals surface area contributed by atoms with E-state index in [1.54, 1.807) is 18.5 Å². The van der Waals surface area contributed by atoms with E-state index in [1.807, 2.05) is 0 Å². The van der Waals surface area contributed by atoms with Gasteiger partial charge >= 0.3 is 5.69 Å². The van der Waals surface area contributed by atoms with Crippen LogP contribution in [0.4, 0.5) is 4.39 Å². The van der Waals surface area contributed by atoms with Crippen molar-refractivity contribution in [2.45, 2.75) is 13.0 Å². The Morgan fingerprint density at radius 2 is 2.29 bits per heavy atom. The van der Waals surface area contributed by atoms with E-state index in [9.17, 15) is 14.0 Å². The van der Waals surface area contributed by atoms with E-state index in [4.69, 9.17) is 11.6 Å². The van der Waals surface area contributed by atoms with Crippen LogP contribution in [0.2, 0.25) is 5.15 Å². The van der Waals surface area contributed by atoms with Crippen molar-refractivity contribution in [3.8, 4) is 0 Å². The second-order valence-electron chi connectivity index (χ2n) is 3.28. The summed E-state index contributed by atoms with van der Waals surface area (Å²) >= 11 is 6.64. The van der Waals surface area contributed by atoms with Crippen molar-refractivity contribution in [1.82, 2.24) is 14.5 Å². The van der Waals surface area contributed by atoms with Gasteiger partial charge in [0.2, 0.25) is 5.82 Å². The van der Waals surface area contributed by atoms with Gasteiger partial charge in [0, 0.05) is 11.6 Å². The first kappa shape index (κ1) is 12.0. The van der Waals surface area contributed by atoms with E-state index in [1.165, 1.54) is 11.3 Å². The van der Waals surface area contributed by atoms with Crippen molar-refractivity contribution in [2.75, 3.05) is 0 Å². The second kappa shape index (κ2) is 4.42. The molecule has 1 unspecified atom stereocenters. The van der Waals surface area contributed by atoms with Gasteiger partial charge in [-0.15, -0.1) is 11.3 Å². The Kier molecular flexibility index (Phi) is 3.12. The summed E-state index contributed by atoms with van der Waals surface area (Å²) in [4.78, 5) is 29.2. The number of hydrogen-bond acceptors (Lipinski definition) is 4. The van der Waals surface area contributed by atoms with E-state index in [2.05, 4.69) is 9.97 Å². The van der Waals surface area contributed by atoms with Gasteiger partial charge in [0.25, 0.3) is 5.56 Å². The van der Waals surface area contributed by atoms with E-state index in [0.717, 1.165) is 4.57 Å². The molecule has 8 heteroatoms. The van der Waals surface area contributed by atoms with Gasteiger partial charge in [-0.05, 0) is 6.92 Å². The first-order valence-corrected chi connectivity index (χ1v) is 5.87. The Balaban J connectivity index is 2.65. The van der Waals surface area contributed by atoms with Crippen LogP contribution in [0.1, 0.15) is 18.0 Å². The molecule has 0 spiro atoms. The minimum absolute atomic E-state index is 0.541. The number of aromatic amines is 1. The van der Waals surface area contributed by atoms with Crippen molar-refractivity contribution in [3.63, 3.8) is 0 Å². The van der Waals surface area contributed by atoms with Crippen LogP contribution in [-0.2, 0) is 0 Å². The molecule has 0 amide bonds. The lowest BCUT2D eigenvalue weighted by Crippen LogP contribution is -2.39. The Bertz CT molecular complexity index is 649. The third-order valence-electron chi connectivity index (χ3n) is 2.23. The summed E-state index contributed by atoms with van der Waals surface area (Å²) < 4.78 is 14.1. The zero-order chi connectivity index (χ0) is 12.6. The monoisotopic (exact) mass is 275 g/mol. The molecular weight excluding hydrogens is 269 g/mol. The number of halogens is 2. The van der Waals surface area contributed by atoms with Crippen LogP contribution in [0, 0.1) is 5.82 Å². The topological polar surface area (TPSA) is 67.8 Å². The molecule has 17 heavy (non-hydrogen) atoms. The highest BCUT2D eigenvalue weighted by molar-refractivity contribution is 7.09. The Hall–Kier alpha value is -1.47. The normalized spacial score (nSPS) is 12.6. The summed E-state index contributed by atoms with van der Waals surface area (Å²) in [5, 5.41) is 1.67. The molecule has 0 aliphatic heterocycles. The fourth-order valence-electron chi connectivity index (χ4n) is 1.40. The fraction of sp³-hybridized carbons (Fsp3) is 0.222. The van der Waals surface area contributed by atoms with E-state index in [-0.39, 0.29) is 0 Å². The smallest absolute Gasteiger partial charge is 0.295 e. The molecule has 2 rings (SSSR count). The summed E-state index contributed by atoms with van der Waals surface area (Å²) in [5.41, 5.74) is -1.81. The molecule has 0 aromatic carbocycles. The van der Waals surface area contributed by atoms with Crippen LogP contribution in [0.3, 0.4) is 0 Å². The van der Waals surface area contributed by atoms with Gasteiger partial charge in [0.15, 0.2) is 5.15 Å². The molecule has 2 aromatic rings. The van der Waals surface area contributed by atoms with Gasteiger partial charge in [-0.2, -0.15) is 4.39 Å². The van der Waals surface area contributed by atoms with E-state index >= 15 is 0 Å². The van der Waals surface area contributed by atoms with E-state index in [0.29, 0.717) is 5.01 Å². The molecule has 1 atom stereocenters. The minimum atomic E-state index is -1.17. The second-order valence-corrected chi connectivity index (χ2v) is 4.58. The quantitative estimate of drug-likeness (QED) is 0.842. The van der Waals surface area contributed by atoms with Crippen molar-refractivity contribution in [1.29, 1.82) is 0 Å². The van der Waals surface area contributed by atoms with Gasteiger partial charge in [0.1, 0.15) is 5.01 Å². The number of hydrogen-bond donors (Lipinski definition) is 1. The van der Waals surface area contributed by atoms with Crippen molar-refractivity contribution < 1.29 is 4.39 Å². The van der Waals surface area contributed by atoms with Crippen molar-refractivity contribution in [2.24, 2.45) is 0 Å². The SMILES string of the molecule is CC(c1nccs1)n1c(=O)[nH]c(Cl)c(F)c1=O. The number of rotatable bonds is 2. The maximum absolute atomic E-state index is 13.3. The predicted octanol–water partition coefficient (Wildman–Crippen LogP) is 1.39. The molecule has 0 bridgehead atoms. The fourth-order valence-corrected chi connectivity index (χ4v) is 2.25. The number of aromatic nitrogens is 3. The van der Waals surface area contributed by atoms with Crippen LogP contribution in [0.15, 0.2) is 21.2 Å². The highest BCUT2D eigenvalue weighted by atomic mass is 35.5. The molecule has 2 aromatic heterocycles. The number of thiazole rings is 1. The highest BCUT2D eigenvalue weighted by Crippen LogP contribution is 2.17. The number of H-pyrrole nitrogens is 1. The third-order valence-corrected chi connectivity index (χ3v) is 3.44. The number of nitrogens with one attached hydrogen (secondary N) is 1. The zero-order valence-electron chi connectivity index (χ0n) is 8.61. The van der Waals surface area contributed by atoms with Gasteiger partial charge in [-0.3, -0.25) is 9.78 Å². The molecule has 1 N–H and O–H groups in total. The van der Waals surface area contributed by atoms with E-state index < -0.39 is 28.3 Å². The van der Waals surface area contributed by atoms with Crippen molar-refractivity contribution in [3.05, 3.63) is 48.4 Å². The Labute approximate surface area is 104 Å². The predicted molar refractivity (Wildman–Crippen MR) is 62.2 cm³/mol. The van der Waals surface area contributed by atoms with Crippen LogP contribution in [0.5, 0.6) is 0 Å². The lowest BCUT2D eigenvalue weighted by molar-refractivity contribution is 0.514. The number of nitrogens with zero attached hydrogens (tertiary/aromatic N) is 2. The largest absolute Gasteiger partial charge is 0.330 e. The third kappa shape index (κ3) is 2.03. The summed E-state index contributed by atoms with van der Waals surface area (Å²) in [5.74, 6) is -1.17. The first-order chi connectivity index (χ1) is 8.02. The maximum Gasteiger partial charge on any atom is 0.330 e. The van der Waals surface area contributed by atoms with Gasteiger partial charge < -0.3 is 0 Å². The Morgan fingerprint density at radius 3 is 2.88 bits per heavy atom. The van der Waals surface area contributed by atoms with Crippen LogP contribution in [0.25, 0.3) is 0 Å². The minimum Gasteiger partial charge on any atom is -0.295 e. The Morgan fingerprint density at radius 1 is 1.59 bits per heavy atom. The maximum atomic E-state index is 13.3. The summed E-state index contributed by atoms with van der Waals surface area (Å²) in [7, 11) is 0. The first-order valence-electron chi connectivity index (χ1n) is 4.61. The molecule has 0 radical (unpaired) electrons. The summed E-state index contributed by atoms with van der Waals surface area (Å²) in [6, 6.07) is -0.641. The molecular formula is C9H7ClFN3O2S. The molecule has 90 valence electrons. The molecule has 0 aliphatic carbocycles. The van der Waals surface area contributed by atoms with Gasteiger partial charge in [-0.25, -0.2) is 14.3 Å². The molecule has 0 aliphatic rings. The average Bonchev–Trinajstić information content (AvgIpc) is 2.79. The summed E-state index contributed by atoms with van der Waals surface area (Å²) in [6.45, 7) is 1.59. The molecule has 2 heterocycles. The lowest BCUT2D eigenvalue weighted by Gasteiger charge is -2.11. The molecule has 0 saturated carbocycles. The average molecular weight is 276 g/mol. The van der Waals surface area contributed by atoms with Crippen LogP contribution < -0.4 is 11.2 Å². The van der Waals surface area contributed by atoms with Crippen LogP contribution >= 0.6 is 22.9 Å². The molecule has 0 fully saturated rings. The van der Waals surface area contributed by atoms with Gasteiger partial charge in [0.05, 0.1) is 6.04 Å². The molecule has 0 saturated heterocycles. The zero-order valence-corrected chi connectivity index (χ0v) is 10.2. The lowest BCUT2D eigenvalue weighted by atomic mass is 10.3. The summed E-state index contributed by atoms with van der Waals surface area (Å²) in [6.07, 6.45) is 1.54. The molecule has 5 nitrogen and oxygen atoms in total. The van der Waals surface area contributed by atoms with Crippen molar-refractivity contribution >= 4 is 22.9 Å².